The van der Waals surface area contributed by atoms with Gasteiger partial charge in [0.05, 0.1) is 17.9 Å². The van der Waals surface area contributed by atoms with Gasteiger partial charge >= 0.3 is 5.97 Å². The van der Waals surface area contributed by atoms with Gasteiger partial charge in [-0.2, -0.15) is 0 Å². The van der Waals surface area contributed by atoms with Crippen LogP contribution in [-0.4, -0.2) is 39.3 Å². The van der Waals surface area contributed by atoms with Crippen molar-refractivity contribution in [3.8, 4) is 0 Å². The van der Waals surface area contributed by atoms with E-state index in [1.807, 2.05) is 13.8 Å². The SMILES string of the molecule is COCC(NS(=O)(=O)Cc1ccc(C(=O)O)cc1)C(C)C. The number of nitrogens with one attached hydrogen (secondary N) is 1. The van der Waals surface area contributed by atoms with E-state index in [0.717, 1.165) is 0 Å². The van der Waals surface area contributed by atoms with E-state index in [-0.39, 0.29) is 23.3 Å². The van der Waals surface area contributed by atoms with Crippen LogP contribution in [0.15, 0.2) is 24.3 Å². The van der Waals surface area contributed by atoms with Gasteiger partial charge in [-0.25, -0.2) is 17.9 Å². The number of hydrogen-bond donors (Lipinski definition) is 2. The molecule has 0 spiro atoms. The average molecular weight is 315 g/mol. The van der Waals surface area contributed by atoms with Crippen molar-refractivity contribution < 1.29 is 23.1 Å². The molecule has 21 heavy (non-hydrogen) atoms. The van der Waals surface area contributed by atoms with E-state index in [4.69, 9.17) is 9.84 Å². The zero-order valence-electron chi connectivity index (χ0n) is 12.4. The minimum Gasteiger partial charge on any atom is -0.478 e. The molecule has 0 aromatic heterocycles. The fraction of sp³-hybridized carbons (Fsp3) is 0.500. The first-order chi connectivity index (χ1) is 9.75. The molecule has 1 aromatic carbocycles. The van der Waals surface area contributed by atoms with Crippen LogP contribution < -0.4 is 4.72 Å². The number of carboxylic acids is 1. The Morgan fingerprint density at radius 1 is 1.29 bits per heavy atom. The van der Waals surface area contributed by atoms with Gasteiger partial charge in [0.15, 0.2) is 0 Å². The Morgan fingerprint density at radius 3 is 2.29 bits per heavy atom. The molecule has 0 saturated heterocycles. The van der Waals surface area contributed by atoms with Crippen molar-refractivity contribution in [1.29, 1.82) is 0 Å². The maximum absolute atomic E-state index is 12.1. The monoisotopic (exact) mass is 315 g/mol. The summed E-state index contributed by atoms with van der Waals surface area (Å²) in [6, 6.07) is 5.50. The normalized spacial score (nSPS) is 13.3. The van der Waals surface area contributed by atoms with Gasteiger partial charge in [0.2, 0.25) is 10.0 Å². The van der Waals surface area contributed by atoms with Crippen molar-refractivity contribution in [2.45, 2.75) is 25.6 Å². The largest absolute Gasteiger partial charge is 0.478 e. The molecule has 6 nitrogen and oxygen atoms in total. The zero-order valence-corrected chi connectivity index (χ0v) is 13.2. The molecular weight excluding hydrogens is 294 g/mol. The topological polar surface area (TPSA) is 92.7 Å². The van der Waals surface area contributed by atoms with E-state index in [1.54, 1.807) is 0 Å². The number of hydrogen-bond acceptors (Lipinski definition) is 4. The lowest BCUT2D eigenvalue weighted by molar-refractivity contribution is 0.0697. The molecule has 1 unspecified atom stereocenters. The fourth-order valence-electron chi connectivity index (χ4n) is 1.78. The van der Waals surface area contributed by atoms with Crippen molar-refractivity contribution in [2.24, 2.45) is 5.92 Å². The number of ether oxygens (including phenoxy) is 1. The number of methoxy groups -OCH3 is 1. The molecule has 0 aliphatic heterocycles. The highest BCUT2D eigenvalue weighted by Crippen LogP contribution is 2.10. The molecule has 0 amide bonds. The molecule has 1 atom stereocenters. The summed E-state index contributed by atoms with van der Waals surface area (Å²) in [6.07, 6.45) is 0. The summed E-state index contributed by atoms with van der Waals surface area (Å²) in [5.74, 6) is -1.13. The third-order valence-electron chi connectivity index (χ3n) is 3.04. The van der Waals surface area contributed by atoms with E-state index in [1.165, 1.54) is 31.4 Å². The van der Waals surface area contributed by atoms with Crippen molar-refractivity contribution in [2.75, 3.05) is 13.7 Å². The molecule has 0 bridgehead atoms. The van der Waals surface area contributed by atoms with E-state index in [0.29, 0.717) is 12.2 Å². The zero-order chi connectivity index (χ0) is 16.0. The first-order valence-electron chi connectivity index (χ1n) is 6.56. The third kappa shape index (κ3) is 5.82. The van der Waals surface area contributed by atoms with Crippen molar-refractivity contribution in [3.63, 3.8) is 0 Å². The second-order valence-electron chi connectivity index (χ2n) is 5.18. The standard InChI is InChI=1S/C14H21NO5S/c1-10(2)13(8-20-3)15-21(18,19)9-11-4-6-12(7-5-11)14(16)17/h4-7,10,13,15H,8-9H2,1-3H3,(H,16,17). The number of sulfonamides is 1. The van der Waals surface area contributed by atoms with Gasteiger partial charge in [-0.05, 0) is 23.6 Å². The highest BCUT2D eigenvalue weighted by Gasteiger charge is 2.21. The number of carbonyl (C=O) groups is 1. The summed E-state index contributed by atoms with van der Waals surface area (Å²) in [7, 11) is -1.99. The molecule has 0 heterocycles. The Balaban J connectivity index is 2.77. The van der Waals surface area contributed by atoms with Crippen LogP contribution in [0, 0.1) is 5.92 Å². The summed E-state index contributed by atoms with van der Waals surface area (Å²) in [5, 5.41) is 8.80. The highest BCUT2D eigenvalue weighted by molar-refractivity contribution is 7.88. The number of aromatic carboxylic acids is 1. The van der Waals surface area contributed by atoms with Crippen LogP contribution in [-0.2, 0) is 20.5 Å². The second-order valence-corrected chi connectivity index (χ2v) is 6.94. The van der Waals surface area contributed by atoms with Crippen LogP contribution in [0.25, 0.3) is 0 Å². The molecule has 2 N–H and O–H groups in total. The maximum atomic E-state index is 12.1. The second kappa shape index (κ2) is 7.53. The van der Waals surface area contributed by atoms with E-state index in [2.05, 4.69) is 4.72 Å². The molecule has 0 aliphatic rings. The Hall–Kier alpha value is -1.44. The molecule has 118 valence electrons. The number of rotatable bonds is 8. The molecule has 1 rings (SSSR count). The van der Waals surface area contributed by atoms with Crippen LogP contribution in [0.1, 0.15) is 29.8 Å². The molecular formula is C14H21NO5S. The van der Waals surface area contributed by atoms with Crippen LogP contribution >= 0.6 is 0 Å². The minimum absolute atomic E-state index is 0.106. The molecule has 1 aromatic rings. The van der Waals surface area contributed by atoms with Gasteiger partial charge in [-0.3, -0.25) is 0 Å². The maximum Gasteiger partial charge on any atom is 0.335 e. The van der Waals surface area contributed by atoms with E-state index >= 15 is 0 Å². The van der Waals surface area contributed by atoms with Crippen LogP contribution in [0.5, 0.6) is 0 Å². The lowest BCUT2D eigenvalue weighted by Crippen LogP contribution is -2.42. The quantitative estimate of drug-likeness (QED) is 0.758. The smallest absolute Gasteiger partial charge is 0.335 e. The van der Waals surface area contributed by atoms with Crippen LogP contribution in [0.3, 0.4) is 0 Å². The van der Waals surface area contributed by atoms with Crippen LogP contribution in [0.2, 0.25) is 0 Å². The Labute approximate surface area is 125 Å². The Kier molecular flexibility index (Phi) is 6.32. The van der Waals surface area contributed by atoms with E-state index in [9.17, 15) is 13.2 Å². The Bertz CT molecular complexity index is 566. The van der Waals surface area contributed by atoms with Crippen molar-refractivity contribution in [3.05, 3.63) is 35.4 Å². The summed E-state index contributed by atoms with van der Waals surface area (Å²) in [6.45, 7) is 4.12. The first-order valence-corrected chi connectivity index (χ1v) is 8.21. The van der Waals surface area contributed by atoms with Gasteiger partial charge in [-0.1, -0.05) is 26.0 Å². The van der Waals surface area contributed by atoms with Gasteiger partial charge in [0, 0.05) is 13.2 Å². The minimum atomic E-state index is -3.51. The van der Waals surface area contributed by atoms with Gasteiger partial charge in [0.1, 0.15) is 0 Å². The molecule has 0 radical (unpaired) electrons. The predicted octanol–water partition coefficient (Wildman–Crippen LogP) is 1.48. The van der Waals surface area contributed by atoms with E-state index < -0.39 is 16.0 Å². The number of carboxylic acid groups (broad SMARTS) is 1. The summed E-state index contributed by atoms with van der Waals surface area (Å²) in [4.78, 5) is 10.7. The lowest BCUT2D eigenvalue weighted by Gasteiger charge is -2.21. The predicted molar refractivity (Wildman–Crippen MR) is 79.7 cm³/mol. The fourth-order valence-corrected chi connectivity index (χ4v) is 3.29. The first kappa shape index (κ1) is 17.6. The van der Waals surface area contributed by atoms with Gasteiger partial charge < -0.3 is 9.84 Å². The van der Waals surface area contributed by atoms with Crippen molar-refractivity contribution in [1.82, 2.24) is 4.72 Å². The number of benzene rings is 1. The summed E-state index contributed by atoms with van der Waals surface area (Å²) in [5.41, 5.74) is 0.663. The summed E-state index contributed by atoms with van der Waals surface area (Å²) >= 11 is 0. The Morgan fingerprint density at radius 2 is 1.86 bits per heavy atom. The van der Waals surface area contributed by atoms with Crippen LogP contribution in [0.4, 0.5) is 0 Å². The molecule has 7 heteroatoms. The molecule has 0 aliphatic carbocycles. The average Bonchev–Trinajstić information content (AvgIpc) is 2.38. The van der Waals surface area contributed by atoms with Crippen molar-refractivity contribution >= 4 is 16.0 Å². The summed E-state index contributed by atoms with van der Waals surface area (Å²) < 4.78 is 31.9. The molecule has 0 saturated carbocycles. The van der Waals surface area contributed by atoms with Gasteiger partial charge in [-0.15, -0.1) is 0 Å². The third-order valence-corrected chi connectivity index (χ3v) is 4.41. The van der Waals surface area contributed by atoms with Gasteiger partial charge in [0.25, 0.3) is 0 Å². The highest BCUT2D eigenvalue weighted by atomic mass is 32.2. The molecule has 0 fully saturated rings. The lowest BCUT2D eigenvalue weighted by atomic mass is 10.1.